The molecule has 0 saturated carbocycles. The Bertz CT molecular complexity index is 268. The molecule has 0 bridgehead atoms. The number of nitrogens with one attached hydrogen (secondary N) is 1. The standard InChI is InChI=1S/C12H22N2O/c1-11(2)14-7-5-12(10-14)9-13-6-4-8-15-3/h5,7,10-11,13H,4,6,8-9H2,1-3H3. The molecule has 0 fully saturated rings. The second-order valence-electron chi connectivity index (χ2n) is 4.08. The van der Waals surface area contributed by atoms with E-state index >= 15 is 0 Å². The lowest BCUT2D eigenvalue weighted by molar-refractivity contribution is 0.194. The summed E-state index contributed by atoms with van der Waals surface area (Å²) < 4.78 is 7.21. The van der Waals surface area contributed by atoms with E-state index in [1.54, 1.807) is 7.11 Å². The van der Waals surface area contributed by atoms with Gasteiger partial charge in [-0.2, -0.15) is 0 Å². The summed E-state index contributed by atoms with van der Waals surface area (Å²) in [6, 6.07) is 2.72. The van der Waals surface area contributed by atoms with Crippen molar-refractivity contribution in [2.75, 3.05) is 20.3 Å². The summed E-state index contributed by atoms with van der Waals surface area (Å²) in [5.74, 6) is 0. The van der Waals surface area contributed by atoms with E-state index in [9.17, 15) is 0 Å². The molecule has 0 amide bonds. The summed E-state index contributed by atoms with van der Waals surface area (Å²) in [5, 5.41) is 3.40. The van der Waals surface area contributed by atoms with Gasteiger partial charge >= 0.3 is 0 Å². The van der Waals surface area contributed by atoms with Crippen molar-refractivity contribution in [2.24, 2.45) is 0 Å². The second kappa shape index (κ2) is 6.64. The highest BCUT2D eigenvalue weighted by Gasteiger charge is 1.99. The molecule has 1 rings (SSSR count). The predicted octanol–water partition coefficient (Wildman–Crippen LogP) is 2.20. The van der Waals surface area contributed by atoms with Crippen LogP contribution in [0.25, 0.3) is 0 Å². The zero-order valence-corrected chi connectivity index (χ0v) is 9.99. The molecule has 15 heavy (non-hydrogen) atoms. The zero-order chi connectivity index (χ0) is 11.1. The van der Waals surface area contributed by atoms with Gasteiger partial charge in [0.2, 0.25) is 0 Å². The highest BCUT2D eigenvalue weighted by molar-refractivity contribution is 5.10. The third-order valence-electron chi connectivity index (χ3n) is 2.40. The molecule has 1 aromatic heterocycles. The van der Waals surface area contributed by atoms with Crippen molar-refractivity contribution in [3.05, 3.63) is 24.0 Å². The van der Waals surface area contributed by atoms with E-state index in [0.29, 0.717) is 6.04 Å². The van der Waals surface area contributed by atoms with Crippen LogP contribution in [0, 0.1) is 0 Å². The molecule has 3 heteroatoms. The van der Waals surface area contributed by atoms with E-state index in [-0.39, 0.29) is 0 Å². The maximum atomic E-state index is 4.99. The second-order valence-corrected chi connectivity index (χ2v) is 4.08. The lowest BCUT2D eigenvalue weighted by Gasteiger charge is -2.06. The topological polar surface area (TPSA) is 26.2 Å². The number of rotatable bonds is 7. The zero-order valence-electron chi connectivity index (χ0n) is 9.99. The van der Waals surface area contributed by atoms with Crippen LogP contribution in [0.1, 0.15) is 31.9 Å². The number of aromatic nitrogens is 1. The predicted molar refractivity (Wildman–Crippen MR) is 63.0 cm³/mol. The van der Waals surface area contributed by atoms with Crippen LogP contribution in [-0.4, -0.2) is 24.8 Å². The highest BCUT2D eigenvalue weighted by atomic mass is 16.5. The number of ether oxygens (including phenoxy) is 1. The Hall–Kier alpha value is -0.800. The van der Waals surface area contributed by atoms with E-state index in [2.05, 4.69) is 42.2 Å². The van der Waals surface area contributed by atoms with Crippen LogP contribution in [0.15, 0.2) is 18.5 Å². The Labute approximate surface area is 92.4 Å². The van der Waals surface area contributed by atoms with Crippen LogP contribution in [0.4, 0.5) is 0 Å². The fourth-order valence-electron chi connectivity index (χ4n) is 1.46. The van der Waals surface area contributed by atoms with E-state index < -0.39 is 0 Å². The van der Waals surface area contributed by atoms with Crippen molar-refractivity contribution >= 4 is 0 Å². The van der Waals surface area contributed by atoms with Crippen LogP contribution in [0.2, 0.25) is 0 Å². The quantitative estimate of drug-likeness (QED) is 0.698. The summed E-state index contributed by atoms with van der Waals surface area (Å²) in [7, 11) is 1.74. The van der Waals surface area contributed by atoms with Crippen molar-refractivity contribution in [1.82, 2.24) is 9.88 Å². The smallest absolute Gasteiger partial charge is 0.0474 e. The van der Waals surface area contributed by atoms with Crippen LogP contribution in [-0.2, 0) is 11.3 Å². The molecule has 0 atom stereocenters. The van der Waals surface area contributed by atoms with Gasteiger partial charge in [0, 0.05) is 38.7 Å². The van der Waals surface area contributed by atoms with Crippen LogP contribution < -0.4 is 5.32 Å². The van der Waals surface area contributed by atoms with Crippen molar-refractivity contribution in [1.29, 1.82) is 0 Å². The Kier molecular flexibility index (Phi) is 5.43. The molecular formula is C12H22N2O. The Morgan fingerprint density at radius 2 is 2.27 bits per heavy atom. The molecule has 0 radical (unpaired) electrons. The Morgan fingerprint density at radius 3 is 2.87 bits per heavy atom. The molecule has 0 aliphatic carbocycles. The first-order valence-electron chi connectivity index (χ1n) is 5.60. The van der Waals surface area contributed by atoms with Gasteiger partial charge < -0.3 is 14.6 Å². The van der Waals surface area contributed by atoms with Gasteiger partial charge in [-0.15, -0.1) is 0 Å². The normalized spacial score (nSPS) is 11.2. The highest BCUT2D eigenvalue weighted by Crippen LogP contribution is 2.07. The molecule has 0 aromatic carbocycles. The van der Waals surface area contributed by atoms with Crippen molar-refractivity contribution in [2.45, 2.75) is 32.9 Å². The molecule has 1 heterocycles. The van der Waals surface area contributed by atoms with Gasteiger partial charge in [0.15, 0.2) is 0 Å². The Morgan fingerprint density at radius 1 is 1.47 bits per heavy atom. The summed E-state index contributed by atoms with van der Waals surface area (Å²) >= 11 is 0. The van der Waals surface area contributed by atoms with Gasteiger partial charge in [0.1, 0.15) is 0 Å². The summed E-state index contributed by atoms with van der Waals surface area (Å²) in [4.78, 5) is 0. The van der Waals surface area contributed by atoms with Gasteiger partial charge in [-0.25, -0.2) is 0 Å². The van der Waals surface area contributed by atoms with E-state index in [4.69, 9.17) is 4.74 Å². The first kappa shape index (κ1) is 12.3. The fraction of sp³-hybridized carbons (Fsp3) is 0.667. The van der Waals surface area contributed by atoms with Gasteiger partial charge in [-0.3, -0.25) is 0 Å². The average molecular weight is 210 g/mol. The minimum Gasteiger partial charge on any atom is -0.385 e. The molecule has 0 spiro atoms. The monoisotopic (exact) mass is 210 g/mol. The van der Waals surface area contributed by atoms with Gasteiger partial charge in [0.05, 0.1) is 0 Å². The van der Waals surface area contributed by atoms with Crippen molar-refractivity contribution in [3.8, 4) is 0 Å². The fourth-order valence-corrected chi connectivity index (χ4v) is 1.46. The van der Waals surface area contributed by atoms with Gasteiger partial charge in [-0.05, 0) is 38.4 Å². The molecule has 0 aliphatic rings. The van der Waals surface area contributed by atoms with Crippen LogP contribution in [0.5, 0.6) is 0 Å². The average Bonchev–Trinajstić information content (AvgIpc) is 2.66. The number of hydrogen-bond donors (Lipinski definition) is 1. The first-order chi connectivity index (χ1) is 7.24. The van der Waals surface area contributed by atoms with Crippen molar-refractivity contribution in [3.63, 3.8) is 0 Å². The van der Waals surface area contributed by atoms with Crippen LogP contribution in [0.3, 0.4) is 0 Å². The minimum atomic E-state index is 0.548. The minimum absolute atomic E-state index is 0.548. The molecule has 1 N–H and O–H groups in total. The molecule has 0 aliphatic heterocycles. The van der Waals surface area contributed by atoms with Gasteiger partial charge in [-0.1, -0.05) is 0 Å². The number of nitrogens with zero attached hydrogens (tertiary/aromatic N) is 1. The molecule has 0 saturated heterocycles. The maximum Gasteiger partial charge on any atom is 0.0474 e. The van der Waals surface area contributed by atoms with Crippen LogP contribution >= 0.6 is 0 Å². The molecule has 3 nitrogen and oxygen atoms in total. The van der Waals surface area contributed by atoms with Crippen molar-refractivity contribution < 1.29 is 4.74 Å². The third-order valence-corrected chi connectivity index (χ3v) is 2.40. The summed E-state index contributed by atoms with van der Waals surface area (Å²) in [6.07, 6.45) is 5.41. The lowest BCUT2D eigenvalue weighted by atomic mass is 10.3. The molecular weight excluding hydrogens is 188 g/mol. The largest absolute Gasteiger partial charge is 0.385 e. The molecule has 0 unspecified atom stereocenters. The van der Waals surface area contributed by atoms with E-state index in [1.807, 2.05) is 0 Å². The maximum absolute atomic E-state index is 4.99. The summed E-state index contributed by atoms with van der Waals surface area (Å²) in [5.41, 5.74) is 1.35. The number of hydrogen-bond acceptors (Lipinski definition) is 2. The lowest BCUT2D eigenvalue weighted by Crippen LogP contribution is -2.15. The first-order valence-corrected chi connectivity index (χ1v) is 5.60. The molecule has 1 aromatic rings. The summed E-state index contributed by atoms with van der Waals surface area (Å²) in [6.45, 7) is 7.18. The Balaban J connectivity index is 2.20. The number of methoxy groups -OCH3 is 1. The van der Waals surface area contributed by atoms with E-state index in [1.165, 1.54) is 5.56 Å². The molecule has 86 valence electrons. The third kappa shape index (κ3) is 4.49. The SMILES string of the molecule is COCCCNCc1ccn(C(C)C)c1. The van der Waals surface area contributed by atoms with Gasteiger partial charge in [0.25, 0.3) is 0 Å². The van der Waals surface area contributed by atoms with E-state index in [0.717, 1.165) is 26.1 Å².